The van der Waals surface area contributed by atoms with Gasteiger partial charge in [0.2, 0.25) is 0 Å². The highest BCUT2D eigenvalue weighted by Crippen LogP contribution is 2.15. The van der Waals surface area contributed by atoms with Crippen LogP contribution in [0.3, 0.4) is 0 Å². The number of nitrogens with zero attached hydrogens (tertiary/aromatic N) is 4. The van der Waals surface area contributed by atoms with E-state index in [4.69, 9.17) is 12.2 Å². The Kier molecular flexibility index (Phi) is 4.46. The number of aromatic amines is 1. The molecule has 0 fully saturated rings. The van der Waals surface area contributed by atoms with Crippen LogP contribution in [0.2, 0.25) is 0 Å². The maximum absolute atomic E-state index is 11.5. The summed E-state index contributed by atoms with van der Waals surface area (Å²) in [5, 5.41) is 9.75. The summed E-state index contributed by atoms with van der Waals surface area (Å²) in [5.74, 6) is 0.710. The van der Waals surface area contributed by atoms with E-state index >= 15 is 0 Å². The summed E-state index contributed by atoms with van der Waals surface area (Å²) in [6.45, 7) is 1.01. The molecule has 20 heavy (non-hydrogen) atoms. The number of pyridine rings is 1. The van der Waals surface area contributed by atoms with Crippen LogP contribution in [-0.2, 0) is 6.54 Å². The summed E-state index contributed by atoms with van der Waals surface area (Å²) >= 11 is 5.20. The van der Waals surface area contributed by atoms with Crippen LogP contribution in [0.1, 0.15) is 0 Å². The van der Waals surface area contributed by atoms with Gasteiger partial charge in [-0.15, -0.1) is 0 Å². The first-order valence-electron chi connectivity index (χ1n) is 6.10. The molecule has 2 rings (SSSR count). The highest BCUT2D eigenvalue weighted by atomic mass is 32.1. The van der Waals surface area contributed by atoms with Crippen LogP contribution >= 0.6 is 12.2 Å². The molecular formula is C12H16N6OS. The Morgan fingerprint density at radius 3 is 3.00 bits per heavy atom. The molecule has 2 amide bonds. The minimum absolute atomic E-state index is 0.136. The fourth-order valence-electron chi connectivity index (χ4n) is 1.67. The van der Waals surface area contributed by atoms with E-state index in [0.29, 0.717) is 23.7 Å². The Morgan fingerprint density at radius 1 is 1.55 bits per heavy atom. The van der Waals surface area contributed by atoms with Gasteiger partial charge in [-0.1, -0.05) is 0 Å². The molecule has 7 nitrogen and oxygen atoms in total. The molecule has 2 aromatic rings. The summed E-state index contributed by atoms with van der Waals surface area (Å²) in [6, 6.07) is 3.61. The average molecular weight is 292 g/mol. The Morgan fingerprint density at radius 2 is 2.35 bits per heavy atom. The van der Waals surface area contributed by atoms with Gasteiger partial charge in [-0.3, -0.25) is 14.6 Å². The van der Waals surface area contributed by atoms with Crippen molar-refractivity contribution in [3.8, 4) is 11.4 Å². The third-order valence-electron chi connectivity index (χ3n) is 2.70. The molecule has 106 valence electrons. The monoisotopic (exact) mass is 292 g/mol. The Hall–Kier alpha value is -2.22. The number of hydrogen-bond donors (Lipinski definition) is 2. The molecule has 0 aliphatic heterocycles. The molecule has 0 aliphatic carbocycles. The maximum Gasteiger partial charge on any atom is 0.316 e. The summed E-state index contributed by atoms with van der Waals surface area (Å²) < 4.78 is 2.35. The average Bonchev–Trinajstić information content (AvgIpc) is 2.81. The van der Waals surface area contributed by atoms with Gasteiger partial charge >= 0.3 is 6.03 Å². The SMILES string of the molecule is CN(C)C(=O)NCCn1c(-c2cccnc2)n[nH]c1=S. The number of rotatable bonds is 4. The van der Waals surface area contributed by atoms with Gasteiger partial charge in [0, 0.05) is 45.1 Å². The summed E-state index contributed by atoms with van der Waals surface area (Å²) in [4.78, 5) is 17.0. The van der Waals surface area contributed by atoms with E-state index in [9.17, 15) is 4.79 Å². The summed E-state index contributed by atoms with van der Waals surface area (Å²) in [7, 11) is 3.39. The number of urea groups is 1. The highest BCUT2D eigenvalue weighted by Gasteiger charge is 2.09. The van der Waals surface area contributed by atoms with Gasteiger partial charge in [0.15, 0.2) is 10.6 Å². The van der Waals surface area contributed by atoms with Crippen LogP contribution < -0.4 is 5.32 Å². The van der Waals surface area contributed by atoms with Gasteiger partial charge in [-0.05, 0) is 24.4 Å². The molecule has 0 aromatic carbocycles. The summed E-state index contributed by atoms with van der Waals surface area (Å²) in [6.07, 6.45) is 3.42. The van der Waals surface area contributed by atoms with Crippen LogP contribution in [0.4, 0.5) is 4.79 Å². The number of nitrogens with one attached hydrogen (secondary N) is 2. The van der Waals surface area contributed by atoms with E-state index in [0.717, 1.165) is 5.56 Å². The van der Waals surface area contributed by atoms with Crippen LogP contribution in [-0.4, -0.2) is 51.3 Å². The molecule has 0 saturated carbocycles. The van der Waals surface area contributed by atoms with Crippen LogP contribution in [0.15, 0.2) is 24.5 Å². The highest BCUT2D eigenvalue weighted by molar-refractivity contribution is 7.71. The van der Waals surface area contributed by atoms with Crippen molar-refractivity contribution in [1.82, 2.24) is 30.0 Å². The molecule has 0 atom stereocenters. The first-order valence-corrected chi connectivity index (χ1v) is 6.51. The van der Waals surface area contributed by atoms with Gasteiger partial charge < -0.3 is 10.2 Å². The molecule has 0 bridgehead atoms. The van der Waals surface area contributed by atoms with Gasteiger partial charge in [0.25, 0.3) is 0 Å². The number of carbonyl (C=O) groups is 1. The molecule has 2 N–H and O–H groups in total. The number of H-pyrrole nitrogens is 1. The Balaban J connectivity index is 2.11. The number of amides is 2. The van der Waals surface area contributed by atoms with Crippen LogP contribution in [0, 0.1) is 4.77 Å². The van der Waals surface area contributed by atoms with Gasteiger partial charge in [0.05, 0.1) is 0 Å². The smallest absolute Gasteiger partial charge is 0.316 e. The number of hydrogen-bond acceptors (Lipinski definition) is 4. The van der Waals surface area contributed by atoms with E-state index in [-0.39, 0.29) is 6.03 Å². The summed E-state index contributed by atoms with van der Waals surface area (Å²) in [5.41, 5.74) is 0.874. The predicted molar refractivity (Wildman–Crippen MR) is 77.7 cm³/mol. The largest absolute Gasteiger partial charge is 0.336 e. The zero-order valence-electron chi connectivity index (χ0n) is 11.3. The van der Waals surface area contributed by atoms with Crippen molar-refractivity contribution in [2.75, 3.05) is 20.6 Å². The van der Waals surface area contributed by atoms with E-state index in [2.05, 4.69) is 20.5 Å². The molecule has 2 heterocycles. The van der Waals surface area contributed by atoms with Crippen LogP contribution in [0.5, 0.6) is 0 Å². The molecule has 0 unspecified atom stereocenters. The fourth-order valence-corrected chi connectivity index (χ4v) is 1.90. The lowest BCUT2D eigenvalue weighted by molar-refractivity contribution is 0.217. The normalized spacial score (nSPS) is 10.3. The van der Waals surface area contributed by atoms with Crippen molar-refractivity contribution in [1.29, 1.82) is 0 Å². The van der Waals surface area contributed by atoms with Crippen molar-refractivity contribution < 1.29 is 4.79 Å². The van der Waals surface area contributed by atoms with Crippen molar-refractivity contribution in [3.63, 3.8) is 0 Å². The predicted octanol–water partition coefficient (Wildman–Crippen LogP) is 1.27. The molecule has 0 spiro atoms. The topological polar surface area (TPSA) is 78.8 Å². The maximum atomic E-state index is 11.5. The van der Waals surface area contributed by atoms with E-state index < -0.39 is 0 Å². The zero-order valence-corrected chi connectivity index (χ0v) is 12.1. The zero-order chi connectivity index (χ0) is 14.5. The van der Waals surface area contributed by atoms with Crippen molar-refractivity contribution >= 4 is 18.2 Å². The Labute approximate surface area is 121 Å². The standard InChI is InChI=1S/C12H16N6OS/c1-17(2)11(19)14-6-7-18-10(15-16-12(18)20)9-4-3-5-13-8-9/h3-5,8H,6-7H2,1-2H3,(H,14,19)(H,16,20). The minimum atomic E-state index is -0.136. The molecule has 0 radical (unpaired) electrons. The molecule has 2 aromatic heterocycles. The third kappa shape index (κ3) is 3.21. The number of aromatic nitrogens is 4. The lowest BCUT2D eigenvalue weighted by Gasteiger charge is -2.12. The van der Waals surface area contributed by atoms with Crippen molar-refractivity contribution in [2.24, 2.45) is 0 Å². The van der Waals surface area contributed by atoms with Gasteiger partial charge in [0.1, 0.15) is 0 Å². The molecule has 0 aliphatic rings. The lowest BCUT2D eigenvalue weighted by Crippen LogP contribution is -2.36. The third-order valence-corrected chi connectivity index (χ3v) is 3.01. The Bertz CT molecular complexity index is 633. The van der Waals surface area contributed by atoms with Gasteiger partial charge in [-0.25, -0.2) is 4.79 Å². The fraction of sp³-hybridized carbons (Fsp3) is 0.333. The first kappa shape index (κ1) is 14.2. The van der Waals surface area contributed by atoms with E-state index in [1.165, 1.54) is 4.90 Å². The lowest BCUT2D eigenvalue weighted by atomic mass is 10.3. The minimum Gasteiger partial charge on any atom is -0.336 e. The van der Waals surface area contributed by atoms with E-state index in [1.807, 2.05) is 16.7 Å². The molecule has 0 saturated heterocycles. The second-order valence-electron chi connectivity index (χ2n) is 4.37. The first-order chi connectivity index (χ1) is 9.59. The number of carbonyl (C=O) groups excluding carboxylic acids is 1. The van der Waals surface area contributed by atoms with E-state index in [1.54, 1.807) is 26.5 Å². The van der Waals surface area contributed by atoms with Gasteiger partial charge in [-0.2, -0.15) is 5.10 Å². The molecular weight excluding hydrogens is 276 g/mol. The van der Waals surface area contributed by atoms with Crippen molar-refractivity contribution in [2.45, 2.75) is 6.54 Å². The van der Waals surface area contributed by atoms with Crippen LogP contribution in [0.25, 0.3) is 11.4 Å². The van der Waals surface area contributed by atoms with Crippen molar-refractivity contribution in [3.05, 3.63) is 29.3 Å². The molecule has 8 heteroatoms. The quantitative estimate of drug-likeness (QED) is 0.832. The second-order valence-corrected chi connectivity index (χ2v) is 4.76. The second kappa shape index (κ2) is 6.29.